The summed E-state index contributed by atoms with van der Waals surface area (Å²) in [6.45, 7) is 2.18. The van der Waals surface area contributed by atoms with E-state index in [0.29, 0.717) is 18.6 Å². The van der Waals surface area contributed by atoms with Crippen molar-refractivity contribution in [3.63, 3.8) is 0 Å². The van der Waals surface area contributed by atoms with E-state index in [0.717, 1.165) is 0 Å². The minimum Gasteiger partial charge on any atom is -0.497 e. The molecule has 0 saturated carbocycles. The van der Waals surface area contributed by atoms with E-state index in [2.05, 4.69) is 4.72 Å². The first-order valence-electron chi connectivity index (χ1n) is 6.70. The van der Waals surface area contributed by atoms with Gasteiger partial charge in [0.2, 0.25) is 10.0 Å². The Balaban J connectivity index is 2.51. The lowest BCUT2D eigenvalue weighted by Gasteiger charge is -2.11. The van der Waals surface area contributed by atoms with Gasteiger partial charge in [-0.3, -0.25) is 4.79 Å². The molecule has 1 aromatic carbocycles. The van der Waals surface area contributed by atoms with Gasteiger partial charge in [0.25, 0.3) is 0 Å². The molecule has 7 heteroatoms. The fourth-order valence-corrected chi connectivity index (χ4v) is 2.89. The SMILES string of the molecule is COc1cccc(S(=O)(=O)NCCC(C)CCC(=O)O)c1. The minimum absolute atomic E-state index is 0.101. The maximum absolute atomic E-state index is 12.1. The van der Waals surface area contributed by atoms with Gasteiger partial charge in [0.15, 0.2) is 0 Å². The Morgan fingerprint density at radius 3 is 2.71 bits per heavy atom. The Morgan fingerprint density at radius 1 is 1.38 bits per heavy atom. The first kappa shape index (κ1) is 17.5. The molecule has 1 rings (SSSR count). The van der Waals surface area contributed by atoms with E-state index >= 15 is 0 Å². The van der Waals surface area contributed by atoms with Gasteiger partial charge in [-0.2, -0.15) is 0 Å². The number of nitrogens with one attached hydrogen (secondary N) is 1. The molecule has 6 nitrogen and oxygen atoms in total. The van der Waals surface area contributed by atoms with Crippen LogP contribution in [0, 0.1) is 5.92 Å². The lowest BCUT2D eigenvalue weighted by molar-refractivity contribution is -0.137. The molecule has 0 aromatic heterocycles. The molecule has 0 amide bonds. The Bertz CT molecular complexity index is 570. The fraction of sp³-hybridized carbons (Fsp3) is 0.500. The number of carboxylic acid groups (broad SMARTS) is 1. The van der Waals surface area contributed by atoms with Crippen molar-refractivity contribution in [3.8, 4) is 5.75 Å². The van der Waals surface area contributed by atoms with Gasteiger partial charge < -0.3 is 9.84 Å². The third-order valence-corrected chi connectivity index (χ3v) is 4.59. The van der Waals surface area contributed by atoms with Crippen LogP contribution in [0.1, 0.15) is 26.2 Å². The molecule has 0 fully saturated rings. The van der Waals surface area contributed by atoms with Crippen LogP contribution in [0.5, 0.6) is 5.75 Å². The van der Waals surface area contributed by atoms with Gasteiger partial charge in [0.1, 0.15) is 5.75 Å². The fourth-order valence-electron chi connectivity index (χ4n) is 1.81. The Labute approximate surface area is 125 Å². The summed E-state index contributed by atoms with van der Waals surface area (Å²) in [4.78, 5) is 10.6. The molecule has 1 aromatic rings. The highest BCUT2D eigenvalue weighted by Crippen LogP contribution is 2.17. The molecule has 0 aliphatic carbocycles. The zero-order chi connectivity index (χ0) is 15.9. The van der Waals surface area contributed by atoms with Crippen molar-refractivity contribution in [3.05, 3.63) is 24.3 Å². The number of aliphatic carboxylic acids is 1. The average Bonchev–Trinajstić information content (AvgIpc) is 2.45. The molecule has 0 heterocycles. The van der Waals surface area contributed by atoms with E-state index in [1.165, 1.54) is 19.2 Å². The molecule has 0 aliphatic rings. The molecule has 0 saturated heterocycles. The predicted octanol–water partition coefficient (Wildman–Crippen LogP) is 1.86. The Morgan fingerprint density at radius 2 is 2.10 bits per heavy atom. The molecular formula is C14H21NO5S. The van der Waals surface area contributed by atoms with Crippen LogP contribution >= 0.6 is 0 Å². The minimum atomic E-state index is -3.57. The van der Waals surface area contributed by atoms with Gasteiger partial charge >= 0.3 is 5.97 Å². The van der Waals surface area contributed by atoms with Crippen molar-refractivity contribution in [1.82, 2.24) is 4.72 Å². The van der Waals surface area contributed by atoms with E-state index in [1.807, 2.05) is 6.92 Å². The number of hydrogen-bond acceptors (Lipinski definition) is 4. The zero-order valence-corrected chi connectivity index (χ0v) is 13.0. The van der Waals surface area contributed by atoms with Crippen LogP contribution in [0.25, 0.3) is 0 Å². The Hall–Kier alpha value is -1.60. The molecule has 118 valence electrons. The quantitative estimate of drug-likeness (QED) is 0.725. The summed E-state index contributed by atoms with van der Waals surface area (Å²) in [5.41, 5.74) is 0. The number of rotatable bonds is 9. The summed E-state index contributed by atoms with van der Waals surface area (Å²) < 4.78 is 31.7. The summed E-state index contributed by atoms with van der Waals surface area (Å²) in [5.74, 6) is -0.208. The highest BCUT2D eigenvalue weighted by atomic mass is 32.2. The van der Waals surface area contributed by atoms with E-state index in [1.54, 1.807) is 12.1 Å². The molecular weight excluding hydrogens is 294 g/mol. The van der Waals surface area contributed by atoms with E-state index in [9.17, 15) is 13.2 Å². The average molecular weight is 315 g/mol. The van der Waals surface area contributed by atoms with Crippen molar-refractivity contribution < 1.29 is 23.1 Å². The van der Waals surface area contributed by atoms with Crippen LogP contribution in [0.4, 0.5) is 0 Å². The second kappa shape index (κ2) is 7.99. The van der Waals surface area contributed by atoms with Crippen LogP contribution in [-0.2, 0) is 14.8 Å². The second-order valence-electron chi connectivity index (χ2n) is 4.90. The summed E-state index contributed by atoms with van der Waals surface area (Å²) in [6, 6.07) is 6.24. The third kappa shape index (κ3) is 6.14. The molecule has 0 bridgehead atoms. The molecule has 1 atom stereocenters. The first-order valence-corrected chi connectivity index (χ1v) is 8.19. The van der Waals surface area contributed by atoms with Gasteiger partial charge in [-0.25, -0.2) is 13.1 Å². The summed E-state index contributed by atoms with van der Waals surface area (Å²) >= 11 is 0. The number of hydrogen-bond donors (Lipinski definition) is 2. The van der Waals surface area contributed by atoms with Crippen LogP contribution in [-0.4, -0.2) is 33.1 Å². The molecule has 2 N–H and O–H groups in total. The maximum Gasteiger partial charge on any atom is 0.303 e. The van der Waals surface area contributed by atoms with E-state index < -0.39 is 16.0 Å². The highest BCUT2D eigenvalue weighted by molar-refractivity contribution is 7.89. The third-order valence-electron chi connectivity index (χ3n) is 3.13. The van der Waals surface area contributed by atoms with Gasteiger partial charge in [0, 0.05) is 19.0 Å². The van der Waals surface area contributed by atoms with Gasteiger partial charge in [-0.1, -0.05) is 13.0 Å². The lowest BCUT2D eigenvalue weighted by atomic mass is 10.0. The Kier molecular flexibility index (Phi) is 6.64. The van der Waals surface area contributed by atoms with E-state index in [-0.39, 0.29) is 23.8 Å². The van der Waals surface area contributed by atoms with Gasteiger partial charge in [-0.05, 0) is 30.9 Å². The van der Waals surface area contributed by atoms with Crippen molar-refractivity contribution in [2.24, 2.45) is 5.92 Å². The second-order valence-corrected chi connectivity index (χ2v) is 6.67. The van der Waals surface area contributed by atoms with Crippen molar-refractivity contribution in [2.75, 3.05) is 13.7 Å². The van der Waals surface area contributed by atoms with Gasteiger partial charge in [0.05, 0.1) is 12.0 Å². The number of sulfonamides is 1. The van der Waals surface area contributed by atoms with Crippen LogP contribution in [0.15, 0.2) is 29.2 Å². The van der Waals surface area contributed by atoms with Crippen molar-refractivity contribution in [2.45, 2.75) is 31.1 Å². The smallest absolute Gasteiger partial charge is 0.303 e. The number of carbonyl (C=O) groups is 1. The standard InChI is InChI=1S/C14H21NO5S/c1-11(6-7-14(16)17)8-9-15-21(18,19)13-5-3-4-12(10-13)20-2/h3-5,10-11,15H,6-9H2,1-2H3,(H,16,17). The monoisotopic (exact) mass is 315 g/mol. The van der Waals surface area contributed by atoms with Crippen molar-refractivity contribution >= 4 is 16.0 Å². The zero-order valence-electron chi connectivity index (χ0n) is 12.2. The summed E-state index contributed by atoms with van der Waals surface area (Å²) in [5, 5.41) is 8.59. The van der Waals surface area contributed by atoms with Crippen LogP contribution in [0.3, 0.4) is 0 Å². The van der Waals surface area contributed by atoms with Gasteiger partial charge in [-0.15, -0.1) is 0 Å². The maximum atomic E-state index is 12.1. The molecule has 0 spiro atoms. The molecule has 21 heavy (non-hydrogen) atoms. The predicted molar refractivity (Wildman–Crippen MR) is 78.8 cm³/mol. The van der Waals surface area contributed by atoms with Crippen molar-refractivity contribution in [1.29, 1.82) is 0 Å². The number of ether oxygens (including phenoxy) is 1. The molecule has 0 aliphatic heterocycles. The van der Waals surface area contributed by atoms with Crippen LogP contribution < -0.4 is 9.46 Å². The topological polar surface area (TPSA) is 92.7 Å². The lowest BCUT2D eigenvalue weighted by Crippen LogP contribution is -2.26. The summed E-state index contributed by atoms with van der Waals surface area (Å²) in [7, 11) is -2.09. The largest absolute Gasteiger partial charge is 0.497 e. The number of methoxy groups -OCH3 is 1. The summed E-state index contributed by atoms with van der Waals surface area (Å²) in [6.07, 6.45) is 1.23. The highest BCUT2D eigenvalue weighted by Gasteiger charge is 2.15. The number of benzene rings is 1. The normalized spacial score (nSPS) is 12.9. The molecule has 0 radical (unpaired) electrons. The van der Waals surface area contributed by atoms with Crippen LogP contribution in [0.2, 0.25) is 0 Å². The first-order chi connectivity index (χ1) is 9.85. The number of carboxylic acids is 1. The molecule has 1 unspecified atom stereocenters. The van der Waals surface area contributed by atoms with E-state index in [4.69, 9.17) is 9.84 Å².